The van der Waals surface area contributed by atoms with E-state index >= 15 is 0 Å². The van der Waals surface area contributed by atoms with Crippen LogP contribution in [0.5, 0.6) is 0 Å². The summed E-state index contributed by atoms with van der Waals surface area (Å²) < 4.78 is 4.87. The number of nitriles is 1. The summed E-state index contributed by atoms with van der Waals surface area (Å²) in [5.74, 6) is 0. The molecular weight excluding hydrogens is 289 g/mol. The summed E-state index contributed by atoms with van der Waals surface area (Å²) in [5, 5.41) is 9.02. The molecule has 0 fully saturated rings. The third kappa shape index (κ3) is 4.85. The second-order valence-electron chi connectivity index (χ2n) is 6.41. The van der Waals surface area contributed by atoms with E-state index in [4.69, 9.17) is 16.5 Å². The van der Waals surface area contributed by atoms with Gasteiger partial charge in [0.25, 0.3) is 6.92 Å². The summed E-state index contributed by atoms with van der Waals surface area (Å²) in [6.45, 7) is 15.6. The van der Waals surface area contributed by atoms with Gasteiger partial charge in [-0.1, -0.05) is 0 Å². The van der Waals surface area contributed by atoms with Crippen LogP contribution in [0.3, 0.4) is 0 Å². The lowest BCUT2D eigenvalue weighted by Gasteiger charge is -2.44. The Bertz CT molecular complexity index is 288. The zero-order valence-electron chi connectivity index (χ0n) is 14.4. The molecule has 0 spiro atoms. The third-order valence-corrected chi connectivity index (χ3v) is 8.94. The number of nitrogens with zero attached hydrogens (tertiary/aromatic N) is 3. The van der Waals surface area contributed by atoms with Gasteiger partial charge in [-0.05, 0) is 55.4 Å². The molecule has 0 rings (SSSR count). The van der Waals surface area contributed by atoms with Gasteiger partial charge in [-0.2, -0.15) is 5.26 Å². The van der Waals surface area contributed by atoms with Crippen LogP contribution in [0, 0.1) is 11.3 Å². The SMILES string of the molecule is CC(C)N(C(C)C)[P+](Cl)(CCC#N)N(C(C)C)C(C)C. The lowest BCUT2D eigenvalue weighted by molar-refractivity contribution is 0.252. The topological polar surface area (TPSA) is 30.3 Å². The highest BCUT2D eigenvalue weighted by Gasteiger charge is 2.54. The van der Waals surface area contributed by atoms with Crippen LogP contribution in [0.2, 0.25) is 0 Å². The first kappa shape index (κ1) is 20.1. The molecular formula is C15H32ClN3P+. The van der Waals surface area contributed by atoms with Crippen molar-refractivity contribution in [3.63, 3.8) is 0 Å². The fraction of sp³-hybridized carbons (Fsp3) is 0.933. The van der Waals surface area contributed by atoms with E-state index < -0.39 is 6.92 Å². The molecule has 0 aliphatic heterocycles. The highest BCUT2D eigenvalue weighted by Crippen LogP contribution is 2.72. The van der Waals surface area contributed by atoms with Crippen molar-refractivity contribution in [2.75, 3.05) is 6.16 Å². The standard InChI is InChI=1S/C15H32ClN3P/c1-12(2)18(13(3)4)20(16,11-9-10-17)19(14(5)6)15(7)8/h12-15H,9,11H2,1-8H3/q+1. The summed E-state index contributed by atoms with van der Waals surface area (Å²) >= 11 is 7.24. The van der Waals surface area contributed by atoms with Gasteiger partial charge in [0.15, 0.2) is 0 Å². The second-order valence-corrected chi connectivity index (χ2v) is 10.7. The van der Waals surface area contributed by atoms with E-state index in [1.165, 1.54) is 0 Å². The molecule has 0 aromatic rings. The Labute approximate surface area is 131 Å². The lowest BCUT2D eigenvalue weighted by atomic mass is 10.3. The van der Waals surface area contributed by atoms with Gasteiger partial charge in [-0.15, -0.1) is 9.34 Å². The first-order chi connectivity index (χ1) is 9.09. The molecule has 118 valence electrons. The molecule has 5 heteroatoms. The van der Waals surface area contributed by atoms with Crippen molar-refractivity contribution < 1.29 is 0 Å². The molecule has 0 heterocycles. The van der Waals surface area contributed by atoms with Crippen molar-refractivity contribution in [2.45, 2.75) is 86.0 Å². The molecule has 0 aromatic heterocycles. The first-order valence-electron chi connectivity index (χ1n) is 7.61. The molecule has 0 N–H and O–H groups in total. The maximum atomic E-state index is 9.02. The highest BCUT2D eigenvalue weighted by molar-refractivity contribution is 7.95. The molecule has 20 heavy (non-hydrogen) atoms. The van der Waals surface area contributed by atoms with Gasteiger partial charge in [-0.25, -0.2) is 0 Å². The van der Waals surface area contributed by atoms with E-state index in [0.29, 0.717) is 30.6 Å². The summed E-state index contributed by atoms with van der Waals surface area (Å²) in [5.41, 5.74) is 0. The van der Waals surface area contributed by atoms with Crippen molar-refractivity contribution in [2.24, 2.45) is 0 Å². The maximum Gasteiger partial charge on any atom is 0.256 e. The first-order valence-corrected chi connectivity index (χ1v) is 10.4. The van der Waals surface area contributed by atoms with Gasteiger partial charge in [0.05, 0.1) is 12.5 Å². The van der Waals surface area contributed by atoms with E-state index in [1.807, 2.05) is 0 Å². The van der Waals surface area contributed by atoms with Crippen LogP contribution < -0.4 is 0 Å². The van der Waals surface area contributed by atoms with Crippen LogP contribution in [0.25, 0.3) is 0 Å². The number of rotatable bonds is 8. The van der Waals surface area contributed by atoms with E-state index in [-0.39, 0.29) is 0 Å². The van der Waals surface area contributed by atoms with Gasteiger partial charge in [0, 0.05) is 24.2 Å². The molecule has 0 atom stereocenters. The number of hydrogen-bond acceptors (Lipinski definition) is 3. The van der Waals surface area contributed by atoms with Crippen LogP contribution >= 0.6 is 18.2 Å². The fourth-order valence-corrected chi connectivity index (χ4v) is 9.41. The third-order valence-electron chi connectivity index (χ3n) is 3.33. The Morgan fingerprint density at radius 3 is 1.35 bits per heavy atom. The van der Waals surface area contributed by atoms with Gasteiger partial charge >= 0.3 is 0 Å². The Morgan fingerprint density at radius 1 is 0.850 bits per heavy atom. The zero-order chi connectivity index (χ0) is 16.1. The minimum atomic E-state index is -2.01. The normalized spacial score (nSPS) is 13.3. The number of halogens is 1. The van der Waals surface area contributed by atoms with Crippen LogP contribution in [0.15, 0.2) is 0 Å². The predicted octanol–water partition coefficient (Wildman–Crippen LogP) is 5.14. The second kappa shape index (κ2) is 8.54. The van der Waals surface area contributed by atoms with Crippen LogP contribution in [0.4, 0.5) is 0 Å². The summed E-state index contributed by atoms with van der Waals surface area (Å²) in [6, 6.07) is 3.78. The molecule has 0 saturated heterocycles. The summed E-state index contributed by atoms with van der Waals surface area (Å²) in [7, 11) is 0. The minimum absolute atomic E-state index is 0.375. The van der Waals surface area contributed by atoms with Gasteiger partial charge < -0.3 is 0 Å². The summed E-state index contributed by atoms with van der Waals surface area (Å²) in [6.07, 6.45) is 1.28. The average molecular weight is 321 g/mol. The Morgan fingerprint density at radius 2 is 1.15 bits per heavy atom. The molecule has 0 bridgehead atoms. The fourth-order valence-electron chi connectivity index (χ4n) is 3.15. The molecule has 0 aliphatic carbocycles. The minimum Gasteiger partial charge on any atom is -0.198 e. The van der Waals surface area contributed by atoms with Gasteiger partial charge in [-0.3, -0.25) is 0 Å². The Hall–Kier alpha value is 0.130. The zero-order valence-corrected chi connectivity index (χ0v) is 16.0. The predicted molar refractivity (Wildman–Crippen MR) is 92.1 cm³/mol. The largest absolute Gasteiger partial charge is 0.256 e. The van der Waals surface area contributed by atoms with Crippen LogP contribution in [0.1, 0.15) is 61.8 Å². The molecule has 0 radical (unpaired) electrons. The smallest absolute Gasteiger partial charge is 0.198 e. The van der Waals surface area contributed by atoms with Gasteiger partial charge in [0.1, 0.15) is 17.4 Å². The monoisotopic (exact) mass is 320 g/mol. The molecule has 0 aliphatic rings. The van der Waals surface area contributed by atoms with E-state index in [2.05, 4.69) is 70.8 Å². The Kier molecular flexibility index (Phi) is 8.60. The van der Waals surface area contributed by atoms with E-state index in [1.54, 1.807) is 0 Å². The molecule has 0 amide bonds. The van der Waals surface area contributed by atoms with E-state index in [0.717, 1.165) is 6.16 Å². The maximum absolute atomic E-state index is 9.02. The van der Waals surface area contributed by atoms with Crippen molar-refractivity contribution in [1.82, 2.24) is 9.34 Å². The number of hydrogen-bond donors (Lipinski definition) is 0. The quantitative estimate of drug-likeness (QED) is 0.580. The van der Waals surface area contributed by atoms with Crippen molar-refractivity contribution >= 4 is 18.2 Å². The summed E-state index contributed by atoms with van der Waals surface area (Å²) in [4.78, 5) is 0. The molecule has 3 nitrogen and oxygen atoms in total. The van der Waals surface area contributed by atoms with Crippen molar-refractivity contribution in [1.29, 1.82) is 5.26 Å². The Balaban J connectivity index is 5.73. The lowest BCUT2D eigenvalue weighted by Crippen LogP contribution is -2.47. The molecule has 0 unspecified atom stereocenters. The van der Waals surface area contributed by atoms with Crippen molar-refractivity contribution in [3.8, 4) is 6.07 Å². The van der Waals surface area contributed by atoms with Crippen LogP contribution in [-0.4, -0.2) is 39.7 Å². The molecule has 0 aromatic carbocycles. The van der Waals surface area contributed by atoms with Gasteiger partial charge in [0.2, 0.25) is 0 Å². The van der Waals surface area contributed by atoms with E-state index in [9.17, 15) is 0 Å². The van der Waals surface area contributed by atoms with Crippen molar-refractivity contribution in [3.05, 3.63) is 0 Å². The molecule has 0 saturated carbocycles. The highest BCUT2D eigenvalue weighted by atomic mass is 35.7. The average Bonchev–Trinajstić information content (AvgIpc) is 2.23. The van der Waals surface area contributed by atoms with Crippen LogP contribution in [-0.2, 0) is 0 Å².